The van der Waals surface area contributed by atoms with Gasteiger partial charge in [0.05, 0.1) is 23.5 Å². The van der Waals surface area contributed by atoms with Crippen LogP contribution < -0.4 is 10.1 Å². The molecule has 1 heterocycles. The molecular weight excluding hydrogens is 443 g/mol. The number of nitrogens with zero attached hydrogens (tertiary/aromatic N) is 1. The average Bonchev–Trinajstić information content (AvgIpc) is 2.81. The van der Waals surface area contributed by atoms with Crippen molar-refractivity contribution in [1.82, 2.24) is 5.32 Å². The molecule has 2 aliphatic rings. The molecule has 0 saturated heterocycles. The number of nitro benzene ring substituents is 1. The Labute approximate surface area is 195 Å². The molecule has 0 fully saturated rings. The minimum atomic E-state index is -0.747. The molecule has 176 valence electrons. The van der Waals surface area contributed by atoms with Crippen molar-refractivity contribution < 1.29 is 28.4 Å². The van der Waals surface area contributed by atoms with Gasteiger partial charge in [0.15, 0.2) is 5.75 Å². The molecule has 2 atom stereocenters. The Hall–Kier alpha value is -4.01. The number of benzene rings is 2. The first-order chi connectivity index (χ1) is 16.3. The molecule has 34 heavy (non-hydrogen) atoms. The second kappa shape index (κ2) is 9.46. The number of nitro groups is 1. The van der Waals surface area contributed by atoms with E-state index in [1.165, 1.54) is 37.4 Å². The second-order valence-corrected chi connectivity index (χ2v) is 8.18. The number of hydrogen-bond acceptors (Lipinski definition) is 7. The Bertz CT molecular complexity index is 1240. The lowest BCUT2D eigenvalue weighted by Gasteiger charge is -2.37. The van der Waals surface area contributed by atoms with Crippen LogP contribution in [0.5, 0.6) is 5.75 Å². The predicted molar refractivity (Wildman–Crippen MR) is 120 cm³/mol. The van der Waals surface area contributed by atoms with Crippen LogP contribution >= 0.6 is 0 Å². The van der Waals surface area contributed by atoms with Crippen molar-refractivity contribution in [3.05, 3.63) is 92.6 Å². The van der Waals surface area contributed by atoms with Crippen molar-refractivity contribution >= 4 is 17.4 Å². The molecule has 1 N–H and O–H groups in total. The summed E-state index contributed by atoms with van der Waals surface area (Å²) in [6.07, 6.45) is 2.82. The number of halogens is 1. The molecule has 0 spiro atoms. The number of fused-ring (bicyclic) bond motifs is 1. The van der Waals surface area contributed by atoms with Gasteiger partial charge in [-0.25, -0.2) is 9.18 Å². The van der Waals surface area contributed by atoms with Crippen LogP contribution in [0.3, 0.4) is 0 Å². The summed E-state index contributed by atoms with van der Waals surface area (Å²) in [6, 6.07) is 10.1. The molecule has 0 radical (unpaired) electrons. The Morgan fingerprint density at radius 3 is 2.74 bits per heavy atom. The highest BCUT2D eigenvalue weighted by Gasteiger charge is 2.43. The fraction of sp³-hybridized carbons (Fsp3) is 0.280. The van der Waals surface area contributed by atoms with Crippen LogP contribution in [0.1, 0.15) is 36.8 Å². The molecule has 4 rings (SSSR count). The van der Waals surface area contributed by atoms with E-state index in [9.17, 15) is 24.1 Å². The van der Waals surface area contributed by atoms with E-state index in [2.05, 4.69) is 5.32 Å². The fourth-order valence-corrected chi connectivity index (χ4v) is 4.53. The summed E-state index contributed by atoms with van der Waals surface area (Å²) in [5.74, 6) is -2.53. The summed E-state index contributed by atoms with van der Waals surface area (Å²) in [5.41, 5.74) is 2.09. The first kappa shape index (κ1) is 23.2. The van der Waals surface area contributed by atoms with Crippen LogP contribution in [0.4, 0.5) is 10.1 Å². The van der Waals surface area contributed by atoms with Crippen molar-refractivity contribution in [3.63, 3.8) is 0 Å². The van der Waals surface area contributed by atoms with E-state index in [1.54, 1.807) is 19.1 Å². The highest BCUT2D eigenvalue weighted by Crippen LogP contribution is 2.45. The van der Waals surface area contributed by atoms with Crippen molar-refractivity contribution in [2.45, 2.75) is 32.3 Å². The first-order valence-corrected chi connectivity index (χ1v) is 10.7. The minimum Gasteiger partial charge on any atom is -0.482 e. The van der Waals surface area contributed by atoms with Gasteiger partial charge in [-0.2, -0.15) is 0 Å². The van der Waals surface area contributed by atoms with Gasteiger partial charge in [-0.1, -0.05) is 24.3 Å². The summed E-state index contributed by atoms with van der Waals surface area (Å²) in [5, 5.41) is 15.0. The van der Waals surface area contributed by atoms with Crippen LogP contribution in [-0.2, 0) is 20.9 Å². The topological polar surface area (TPSA) is 108 Å². The number of nitrogens with one attached hydrogen (secondary N) is 1. The molecule has 9 heteroatoms. The maximum Gasteiger partial charge on any atom is 0.336 e. The minimum absolute atomic E-state index is 0.00185. The van der Waals surface area contributed by atoms with E-state index in [0.717, 1.165) is 0 Å². The predicted octanol–water partition coefficient (Wildman–Crippen LogP) is 4.31. The third-order valence-corrected chi connectivity index (χ3v) is 6.04. The Morgan fingerprint density at radius 1 is 1.24 bits per heavy atom. The lowest BCUT2D eigenvalue weighted by atomic mass is 9.71. The van der Waals surface area contributed by atoms with Crippen LogP contribution in [0.15, 0.2) is 65.5 Å². The zero-order valence-corrected chi connectivity index (χ0v) is 18.7. The summed E-state index contributed by atoms with van der Waals surface area (Å²) >= 11 is 0. The lowest BCUT2D eigenvalue weighted by Crippen LogP contribution is -2.40. The van der Waals surface area contributed by atoms with Crippen molar-refractivity contribution in [1.29, 1.82) is 0 Å². The summed E-state index contributed by atoms with van der Waals surface area (Å²) in [6.45, 7) is 1.64. The van der Waals surface area contributed by atoms with E-state index in [4.69, 9.17) is 9.47 Å². The largest absolute Gasteiger partial charge is 0.482 e. The van der Waals surface area contributed by atoms with Gasteiger partial charge in [0.2, 0.25) is 0 Å². The van der Waals surface area contributed by atoms with Crippen molar-refractivity contribution in [2.24, 2.45) is 5.92 Å². The van der Waals surface area contributed by atoms with Gasteiger partial charge >= 0.3 is 11.7 Å². The van der Waals surface area contributed by atoms with Gasteiger partial charge < -0.3 is 14.8 Å². The van der Waals surface area contributed by atoms with Gasteiger partial charge in [-0.15, -0.1) is 0 Å². The van der Waals surface area contributed by atoms with E-state index < -0.39 is 28.5 Å². The highest BCUT2D eigenvalue weighted by atomic mass is 19.1. The van der Waals surface area contributed by atoms with Crippen molar-refractivity contribution in [3.8, 4) is 5.75 Å². The first-order valence-electron chi connectivity index (χ1n) is 10.7. The summed E-state index contributed by atoms with van der Waals surface area (Å²) in [4.78, 5) is 36.9. The van der Waals surface area contributed by atoms with E-state index in [1.807, 2.05) is 6.08 Å². The number of esters is 1. The third-order valence-electron chi connectivity index (χ3n) is 6.04. The zero-order valence-electron chi connectivity index (χ0n) is 18.7. The smallest absolute Gasteiger partial charge is 0.336 e. The Kier molecular flexibility index (Phi) is 6.45. The number of carbonyl (C=O) groups excluding carboxylic acids is 2. The van der Waals surface area contributed by atoms with Gasteiger partial charge in [-0.05, 0) is 42.7 Å². The molecule has 2 aromatic rings. The molecule has 2 aromatic carbocycles. The van der Waals surface area contributed by atoms with E-state index in [-0.39, 0.29) is 29.4 Å². The fourth-order valence-electron chi connectivity index (χ4n) is 4.53. The summed E-state index contributed by atoms with van der Waals surface area (Å²) < 4.78 is 24.0. The lowest BCUT2D eigenvalue weighted by molar-refractivity contribution is -0.386. The van der Waals surface area contributed by atoms with Crippen LogP contribution in [-0.4, -0.2) is 23.8 Å². The standard InChI is InChI=1S/C25H23FN2O6/c1-14-22(25(30)33-2)23(24-18(27-14)7-4-8-20(24)29)16-9-10-21(19(12-16)28(31)32)34-13-15-5-3-6-17(26)11-15/h3,5-7,9-12,23-24,27H,4,8,13H2,1-2H3. The number of ether oxygens (including phenoxy) is 2. The van der Waals surface area contributed by atoms with E-state index >= 15 is 0 Å². The van der Waals surface area contributed by atoms with E-state index in [0.29, 0.717) is 35.4 Å². The number of hydrogen-bond donors (Lipinski definition) is 1. The quantitative estimate of drug-likeness (QED) is 0.384. The second-order valence-electron chi connectivity index (χ2n) is 8.18. The number of ketones is 1. The monoisotopic (exact) mass is 466 g/mol. The maximum atomic E-state index is 13.4. The zero-order chi connectivity index (χ0) is 24.4. The molecule has 1 aliphatic carbocycles. The molecule has 1 aliphatic heterocycles. The number of Topliss-reactive ketones (excluding diaryl/α,β-unsaturated/α-hetero) is 1. The average molecular weight is 466 g/mol. The molecule has 8 nitrogen and oxygen atoms in total. The maximum absolute atomic E-state index is 13.4. The third kappa shape index (κ3) is 4.41. The molecule has 0 amide bonds. The Balaban J connectivity index is 1.75. The SMILES string of the molecule is COC(=O)C1=C(C)NC2=CCCC(=O)C2C1c1ccc(OCc2cccc(F)c2)c([N+](=O)[O-])c1. The highest BCUT2D eigenvalue weighted by molar-refractivity contribution is 5.96. The van der Waals surface area contributed by atoms with Crippen LogP contribution in [0.25, 0.3) is 0 Å². The van der Waals surface area contributed by atoms with Crippen LogP contribution in [0.2, 0.25) is 0 Å². The molecule has 0 aromatic heterocycles. The van der Waals surface area contributed by atoms with Gasteiger partial charge in [-0.3, -0.25) is 14.9 Å². The Morgan fingerprint density at radius 2 is 2.03 bits per heavy atom. The molecule has 0 saturated carbocycles. The van der Waals surface area contributed by atoms with Crippen molar-refractivity contribution in [2.75, 3.05) is 7.11 Å². The van der Waals surface area contributed by atoms with Gasteiger partial charge in [0, 0.05) is 29.8 Å². The van der Waals surface area contributed by atoms with Gasteiger partial charge in [0.25, 0.3) is 0 Å². The number of carbonyl (C=O) groups is 2. The summed E-state index contributed by atoms with van der Waals surface area (Å²) in [7, 11) is 1.25. The van der Waals surface area contributed by atoms with Crippen LogP contribution in [0, 0.1) is 21.8 Å². The number of methoxy groups -OCH3 is 1. The molecule has 2 unspecified atom stereocenters. The number of allylic oxidation sites excluding steroid dienone is 3. The number of rotatable bonds is 6. The molecule has 0 bridgehead atoms. The normalized spacial score (nSPS) is 19.6. The molecular formula is C25H23FN2O6. The van der Waals surface area contributed by atoms with Gasteiger partial charge in [0.1, 0.15) is 18.2 Å².